The number of halogens is 2. The molecule has 1 amide bonds. The molecule has 7 nitrogen and oxygen atoms in total. The summed E-state index contributed by atoms with van der Waals surface area (Å²) in [5, 5.41) is 8.29. The number of nitrogens with one attached hydrogen (secondary N) is 1. The summed E-state index contributed by atoms with van der Waals surface area (Å²) in [5.41, 5.74) is 2.29. The Balaban J connectivity index is 1.41. The number of fused-ring (bicyclic) bond motifs is 1. The van der Waals surface area contributed by atoms with Crippen molar-refractivity contribution >= 4 is 28.4 Å². The van der Waals surface area contributed by atoms with Gasteiger partial charge in [-0.1, -0.05) is 23.7 Å². The van der Waals surface area contributed by atoms with Gasteiger partial charge in [0.25, 0.3) is 5.91 Å². The van der Waals surface area contributed by atoms with E-state index in [-0.39, 0.29) is 10.9 Å². The molecule has 3 heterocycles. The summed E-state index contributed by atoms with van der Waals surface area (Å²) in [4.78, 5) is 22.5. The molecule has 1 atom stereocenters. The highest BCUT2D eigenvalue weighted by Crippen LogP contribution is 2.26. The minimum absolute atomic E-state index is 0.0191. The molecule has 5 rings (SSSR count). The van der Waals surface area contributed by atoms with E-state index >= 15 is 0 Å². The number of hydrogen-bond donors (Lipinski definition) is 1. The van der Waals surface area contributed by atoms with E-state index in [1.54, 1.807) is 48.4 Å². The van der Waals surface area contributed by atoms with Crippen LogP contribution in [0.15, 0.2) is 54.9 Å². The summed E-state index contributed by atoms with van der Waals surface area (Å²) in [6.45, 7) is 1.55. The Morgan fingerprint density at radius 3 is 2.80 bits per heavy atom. The first-order chi connectivity index (χ1) is 17.0. The van der Waals surface area contributed by atoms with Crippen LogP contribution in [0.5, 0.6) is 0 Å². The molecular formula is C26H25ClFN5O2. The minimum Gasteiger partial charge on any atom is -0.381 e. The Bertz CT molecular complexity index is 1370. The Labute approximate surface area is 207 Å². The molecule has 1 aliphatic rings. The molecule has 4 aromatic rings. The van der Waals surface area contributed by atoms with Gasteiger partial charge in [0, 0.05) is 50.0 Å². The van der Waals surface area contributed by atoms with Crippen molar-refractivity contribution in [2.75, 3.05) is 13.2 Å². The van der Waals surface area contributed by atoms with Crippen molar-refractivity contribution < 1.29 is 13.9 Å². The largest absolute Gasteiger partial charge is 0.381 e. The van der Waals surface area contributed by atoms with Gasteiger partial charge in [-0.3, -0.25) is 9.48 Å². The maximum absolute atomic E-state index is 14.2. The maximum Gasteiger partial charge on any atom is 0.252 e. The molecule has 0 spiro atoms. The van der Waals surface area contributed by atoms with Crippen molar-refractivity contribution in [3.05, 3.63) is 88.3 Å². The van der Waals surface area contributed by atoms with Gasteiger partial charge in [-0.25, -0.2) is 14.4 Å². The summed E-state index contributed by atoms with van der Waals surface area (Å²) in [7, 11) is 1.78. The number of ether oxygens (including phenoxy) is 1. The Morgan fingerprint density at radius 2 is 2.06 bits per heavy atom. The van der Waals surface area contributed by atoms with E-state index in [4.69, 9.17) is 21.3 Å². The standard InChI is InChI=1S/C26H25ClFN5O2/c1-33-9-6-22(32-33)25(17-4-5-20(27)21(28)13-17)31-26(34)18-2-3-19-15-29-24(30-23(19)14-18)12-16-7-10-35-11-8-16/h2-6,9,13-16,25H,7-8,10-12H2,1H3,(H,31,34)/t25-/m0/s1. The molecule has 9 heteroatoms. The number of rotatable bonds is 6. The highest BCUT2D eigenvalue weighted by Gasteiger charge is 2.22. The molecule has 1 N–H and O–H groups in total. The smallest absolute Gasteiger partial charge is 0.252 e. The van der Waals surface area contributed by atoms with Crippen LogP contribution in [0.25, 0.3) is 10.9 Å². The van der Waals surface area contributed by atoms with E-state index in [1.165, 1.54) is 12.1 Å². The third kappa shape index (κ3) is 5.33. The summed E-state index contributed by atoms with van der Waals surface area (Å²) in [6.07, 6.45) is 6.37. The van der Waals surface area contributed by atoms with E-state index < -0.39 is 11.9 Å². The highest BCUT2D eigenvalue weighted by molar-refractivity contribution is 6.30. The zero-order chi connectivity index (χ0) is 24.4. The number of aryl methyl sites for hydroxylation is 1. The van der Waals surface area contributed by atoms with Crippen molar-refractivity contribution in [1.82, 2.24) is 25.1 Å². The lowest BCUT2D eigenvalue weighted by molar-refractivity contribution is 0.0660. The number of hydrogen-bond acceptors (Lipinski definition) is 5. The van der Waals surface area contributed by atoms with Crippen molar-refractivity contribution in [3.63, 3.8) is 0 Å². The number of benzene rings is 2. The van der Waals surface area contributed by atoms with Crippen LogP contribution in [0.3, 0.4) is 0 Å². The highest BCUT2D eigenvalue weighted by atomic mass is 35.5. The topological polar surface area (TPSA) is 81.9 Å². The zero-order valence-electron chi connectivity index (χ0n) is 19.2. The quantitative estimate of drug-likeness (QED) is 0.423. The van der Waals surface area contributed by atoms with Gasteiger partial charge in [0.2, 0.25) is 0 Å². The number of aromatic nitrogens is 4. The fourth-order valence-corrected chi connectivity index (χ4v) is 4.45. The minimum atomic E-state index is -0.652. The van der Waals surface area contributed by atoms with Crippen molar-refractivity contribution in [2.24, 2.45) is 13.0 Å². The summed E-state index contributed by atoms with van der Waals surface area (Å²) in [6, 6.07) is 10.9. The molecule has 35 heavy (non-hydrogen) atoms. The van der Waals surface area contributed by atoms with Crippen LogP contribution in [-0.2, 0) is 18.2 Å². The van der Waals surface area contributed by atoms with Gasteiger partial charge in [-0.15, -0.1) is 0 Å². The number of amides is 1. The molecule has 0 saturated carbocycles. The van der Waals surface area contributed by atoms with Crippen molar-refractivity contribution in [1.29, 1.82) is 0 Å². The fourth-order valence-electron chi connectivity index (χ4n) is 4.33. The first kappa shape index (κ1) is 23.4. The molecule has 0 aliphatic carbocycles. The monoisotopic (exact) mass is 493 g/mol. The average molecular weight is 494 g/mol. The molecule has 180 valence electrons. The molecule has 0 bridgehead atoms. The van der Waals surface area contributed by atoms with Crippen molar-refractivity contribution in [3.8, 4) is 0 Å². The van der Waals surface area contributed by atoms with E-state index in [2.05, 4.69) is 15.4 Å². The van der Waals surface area contributed by atoms with Gasteiger partial charge in [-0.05, 0) is 54.7 Å². The predicted octanol–water partition coefficient (Wildman–Crippen LogP) is 4.64. The van der Waals surface area contributed by atoms with Crippen LogP contribution in [-0.4, -0.2) is 38.9 Å². The van der Waals surface area contributed by atoms with E-state index in [0.717, 1.165) is 43.7 Å². The van der Waals surface area contributed by atoms with Crippen LogP contribution >= 0.6 is 11.6 Å². The van der Waals surface area contributed by atoms with Crippen LogP contribution in [0.1, 0.15) is 46.3 Å². The van der Waals surface area contributed by atoms with Gasteiger partial charge in [0.15, 0.2) is 0 Å². The molecule has 1 aliphatic heterocycles. The zero-order valence-corrected chi connectivity index (χ0v) is 20.0. The van der Waals surface area contributed by atoms with Crippen LogP contribution in [0.2, 0.25) is 5.02 Å². The number of nitrogens with zero attached hydrogens (tertiary/aromatic N) is 4. The lowest BCUT2D eigenvalue weighted by Crippen LogP contribution is -2.30. The van der Waals surface area contributed by atoms with Crippen LogP contribution in [0.4, 0.5) is 4.39 Å². The molecule has 2 aromatic heterocycles. The first-order valence-electron chi connectivity index (χ1n) is 11.5. The van der Waals surface area contributed by atoms with E-state index in [9.17, 15) is 9.18 Å². The third-order valence-corrected chi connectivity index (χ3v) is 6.60. The molecular weight excluding hydrogens is 469 g/mol. The summed E-state index contributed by atoms with van der Waals surface area (Å²) >= 11 is 5.87. The molecule has 0 radical (unpaired) electrons. The second-order valence-electron chi connectivity index (χ2n) is 8.81. The Hall–Kier alpha value is -3.36. The van der Waals surface area contributed by atoms with Crippen molar-refractivity contribution in [2.45, 2.75) is 25.3 Å². The van der Waals surface area contributed by atoms with E-state index in [0.29, 0.717) is 28.3 Å². The van der Waals surface area contributed by atoms with Gasteiger partial charge >= 0.3 is 0 Å². The molecule has 1 fully saturated rings. The third-order valence-electron chi connectivity index (χ3n) is 6.29. The SMILES string of the molecule is Cn1ccc([C@@H](NC(=O)c2ccc3cnc(CC4CCOCC4)nc3c2)c2ccc(Cl)c(F)c2)n1. The van der Waals surface area contributed by atoms with Crippen LogP contribution < -0.4 is 5.32 Å². The Morgan fingerprint density at radius 1 is 1.23 bits per heavy atom. The van der Waals surface area contributed by atoms with Crippen LogP contribution in [0, 0.1) is 11.7 Å². The predicted molar refractivity (Wildman–Crippen MR) is 131 cm³/mol. The summed E-state index contributed by atoms with van der Waals surface area (Å²) < 4.78 is 21.3. The normalized spacial score (nSPS) is 15.3. The lowest BCUT2D eigenvalue weighted by Gasteiger charge is -2.21. The van der Waals surface area contributed by atoms with Gasteiger partial charge < -0.3 is 10.1 Å². The second-order valence-corrected chi connectivity index (χ2v) is 9.22. The second kappa shape index (κ2) is 10.1. The molecule has 0 unspecified atom stereocenters. The molecule has 2 aromatic carbocycles. The Kier molecular flexibility index (Phi) is 6.74. The van der Waals surface area contributed by atoms with Gasteiger partial charge in [0.1, 0.15) is 11.6 Å². The van der Waals surface area contributed by atoms with E-state index in [1.807, 2.05) is 6.07 Å². The fraction of sp³-hybridized carbons (Fsp3) is 0.308. The summed E-state index contributed by atoms with van der Waals surface area (Å²) in [5.74, 6) is 0.401. The average Bonchev–Trinajstić information content (AvgIpc) is 3.30. The molecule has 1 saturated heterocycles. The lowest BCUT2D eigenvalue weighted by atomic mass is 9.96. The maximum atomic E-state index is 14.2. The van der Waals surface area contributed by atoms with Gasteiger partial charge in [-0.2, -0.15) is 5.10 Å². The first-order valence-corrected chi connectivity index (χ1v) is 11.9. The van der Waals surface area contributed by atoms with Gasteiger partial charge in [0.05, 0.1) is 22.3 Å². The number of carbonyl (C=O) groups is 1. The number of carbonyl (C=O) groups excluding carboxylic acids is 1.